The number of ether oxygens (including phenoxy) is 2. The molecule has 1 amide bonds. The number of benzene rings is 1. The molecule has 2 fully saturated rings. The molecule has 0 bridgehead atoms. The van der Waals surface area contributed by atoms with E-state index in [1.54, 1.807) is 23.1 Å². The minimum Gasteiger partial charge on any atom is -0.497 e. The van der Waals surface area contributed by atoms with Gasteiger partial charge < -0.3 is 14.4 Å². The number of amides is 1. The highest BCUT2D eigenvalue weighted by molar-refractivity contribution is 7.91. The van der Waals surface area contributed by atoms with Crippen LogP contribution in [0.5, 0.6) is 11.5 Å². The number of hydrogen-bond donors (Lipinski definition) is 0. The van der Waals surface area contributed by atoms with Crippen molar-refractivity contribution in [2.45, 2.75) is 12.5 Å². The predicted octanol–water partition coefficient (Wildman–Crippen LogP) is 0.854. The lowest BCUT2D eigenvalue weighted by Crippen LogP contribution is -2.36. The van der Waals surface area contributed by atoms with Crippen LogP contribution in [0.15, 0.2) is 18.2 Å². The summed E-state index contributed by atoms with van der Waals surface area (Å²) >= 11 is 0. The second kappa shape index (κ2) is 4.91. The molecular formula is C14H17NO5S. The maximum atomic E-state index is 12.2. The van der Waals surface area contributed by atoms with Gasteiger partial charge in [0, 0.05) is 30.5 Å². The number of nitrogens with zero attached hydrogens (tertiary/aromatic N) is 1. The molecule has 0 radical (unpaired) electrons. The van der Waals surface area contributed by atoms with Crippen molar-refractivity contribution in [2.24, 2.45) is 5.92 Å². The first-order valence-electron chi connectivity index (χ1n) is 6.69. The topological polar surface area (TPSA) is 72.9 Å². The normalized spacial score (nSPS) is 26.8. The maximum absolute atomic E-state index is 12.2. The van der Waals surface area contributed by atoms with Gasteiger partial charge in [0.15, 0.2) is 9.84 Å². The Kier molecular flexibility index (Phi) is 3.32. The fraction of sp³-hybridized carbons (Fsp3) is 0.500. The molecule has 0 spiro atoms. The van der Waals surface area contributed by atoms with Gasteiger partial charge in [0.05, 0.1) is 37.5 Å². The lowest BCUT2D eigenvalue weighted by molar-refractivity contribution is -0.117. The van der Waals surface area contributed by atoms with E-state index < -0.39 is 9.84 Å². The number of sulfone groups is 1. The van der Waals surface area contributed by atoms with Crippen LogP contribution >= 0.6 is 0 Å². The number of carbonyl (C=O) groups is 1. The number of fused-ring (bicyclic) bond motifs is 1. The van der Waals surface area contributed by atoms with Gasteiger partial charge in [0.1, 0.15) is 11.5 Å². The summed E-state index contributed by atoms with van der Waals surface area (Å²) in [5.74, 6) is 1.11. The fourth-order valence-corrected chi connectivity index (χ4v) is 5.23. The summed E-state index contributed by atoms with van der Waals surface area (Å²) in [6.45, 7) is 0. The average Bonchev–Trinajstić information content (AvgIpc) is 2.87. The fourth-order valence-electron chi connectivity index (χ4n) is 3.16. The van der Waals surface area contributed by atoms with E-state index in [9.17, 15) is 13.2 Å². The van der Waals surface area contributed by atoms with E-state index in [-0.39, 0.29) is 35.8 Å². The Labute approximate surface area is 123 Å². The number of rotatable bonds is 3. The Morgan fingerprint density at radius 3 is 2.29 bits per heavy atom. The van der Waals surface area contributed by atoms with E-state index in [1.165, 1.54) is 14.2 Å². The molecule has 1 aromatic carbocycles. The van der Waals surface area contributed by atoms with Crippen LogP contribution < -0.4 is 14.4 Å². The van der Waals surface area contributed by atoms with Gasteiger partial charge in [-0.05, 0) is 0 Å². The number of hydrogen-bond acceptors (Lipinski definition) is 5. The molecule has 0 N–H and O–H groups in total. The van der Waals surface area contributed by atoms with Crippen LogP contribution in [0, 0.1) is 5.92 Å². The van der Waals surface area contributed by atoms with Gasteiger partial charge >= 0.3 is 0 Å². The molecule has 7 heteroatoms. The maximum Gasteiger partial charge on any atom is 0.227 e. The van der Waals surface area contributed by atoms with Gasteiger partial charge in [0.2, 0.25) is 5.91 Å². The third-order valence-electron chi connectivity index (χ3n) is 4.09. The smallest absolute Gasteiger partial charge is 0.227 e. The molecule has 2 unspecified atom stereocenters. The van der Waals surface area contributed by atoms with E-state index in [2.05, 4.69) is 0 Å². The first kappa shape index (κ1) is 14.2. The molecule has 6 nitrogen and oxygen atoms in total. The van der Waals surface area contributed by atoms with Crippen molar-refractivity contribution >= 4 is 21.4 Å². The summed E-state index contributed by atoms with van der Waals surface area (Å²) in [6.07, 6.45) is 0.281. The van der Waals surface area contributed by atoms with Crippen molar-refractivity contribution in [3.63, 3.8) is 0 Å². The summed E-state index contributed by atoms with van der Waals surface area (Å²) < 4.78 is 34.0. The molecule has 0 aliphatic carbocycles. The molecular weight excluding hydrogens is 294 g/mol. The minimum atomic E-state index is -3.06. The Bertz CT molecular complexity index is 662. The predicted molar refractivity (Wildman–Crippen MR) is 77.6 cm³/mol. The molecule has 0 aromatic heterocycles. The van der Waals surface area contributed by atoms with E-state index in [1.807, 2.05) is 0 Å². The van der Waals surface area contributed by atoms with Crippen LogP contribution in [-0.2, 0) is 14.6 Å². The van der Waals surface area contributed by atoms with Crippen molar-refractivity contribution in [1.82, 2.24) is 0 Å². The van der Waals surface area contributed by atoms with Gasteiger partial charge in [-0.1, -0.05) is 0 Å². The van der Waals surface area contributed by atoms with Crippen LogP contribution in [0.25, 0.3) is 0 Å². The molecule has 2 aliphatic heterocycles. The largest absolute Gasteiger partial charge is 0.497 e. The first-order chi connectivity index (χ1) is 9.93. The minimum absolute atomic E-state index is 0.0307. The zero-order valence-corrected chi connectivity index (χ0v) is 12.7. The van der Waals surface area contributed by atoms with Crippen molar-refractivity contribution in [3.8, 4) is 11.5 Å². The molecule has 0 saturated carbocycles. The molecule has 2 atom stereocenters. The van der Waals surface area contributed by atoms with E-state index >= 15 is 0 Å². The molecule has 2 saturated heterocycles. The summed E-state index contributed by atoms with van der Waals surface area (Å²) in [5, 5.41) is 0. The summed E-state index contributed by atoms with van der Waals surface area (Å²) in [6, 6.07) is 4.90. The first-order valence-corrected chi connectivity index (χ1v) is 8.51. The number of methoxy groups -OCH3 is 2. The second-order valence-electron chi connectivity index (χ2n) is 5.44. The molecule has 1 aromatic rings. The highest BCUT2D eigenvalue weighted by Crippen LogP contribution is 2.39. The Morgan fingerprint density at radius 2 is 1.71 bits per heavy atom. The highest BCUT2D eigenvalue weighted by Gasteiger charge is 2.49. The standard InChI is InChI=1S/C14H17NO5S/c1-19-11-4-10(5-12(6-11)20-2)15-13-8-21(17,18)7-9(13)3-14(15)16/h4-6,9,13H,3,7-8H2,1-2H3. The lowest BCUT2D eigenvalue weighted by Gasteiger charge is -2.24. The Hall–Kier alpha value is -1.76. The third kappa shape index (κ3) is 2.46. The molecule has 2 heterocycles. The van der Waals surface area contributed by atoms with Crippen molar-refractivity contribution in [2.75, 3.05) is 30.6 Å². The van der Waals surface area contributed by atoms with E-state index in [0.29, 0.717) is 17.2 Å². The average molecular weight is 311 g/mol. The van der Waals surface area contributed by atoms with Gasteiger partial charge in [-0.25, -0.2) is 8.42 Å². The molecule has 21 heavy (non-hydrogen) atoms. The lowest BCUT2D eigenvalue weighted by atomic mass is 10.0. The van der Waals surface area contributed by atoms with E-state index in [4.69, 9.17) is 9.47 Å². The van der Waals surface area contributed by atoms with Crippen LogP contribution in [0.1, 0.15) is 6.42 Å². The van der Waals surface area contributed by atoms with Crippen LogP contribution in [-0.4, -0.2) is 46.1 Å². The van der Waals surface area contributed by atoms with Crippen LogP contribution in [0.4, 0.5) is 5.69 Å². The van der Waals surface area contributed by atoms with Gasteiger partial charge in [0.25, 0.3) is 0 Å². The van der Waals surface area contributed by atoms with Crippen molar-refractivity contribution in [3.05, 3.63) is 18.2 Å². The van der Waals surface area contributed by atoms with Gasteiger partial charge in [-0.2, -0.15) is 0 Å². The van der Waals surface area contributed by atoms with E-state index in [0.717, 1.165) is 0 Å². The Balaban J connectivity index is 2.01. The summed E-state index contributed by atoms with van der Waals surface area (Å²) in [7, 11) is 0.0122. The third-order valence-corrected chi connectivity index (χ3v) is 5.87. The van der Waals surface area contributed by atoms with Crippen molar-refractivity contribution in [1.29, 1.82) is 0 Å². The molecule has 114 valence electrons. The molecule has 3 rings (SSSR count). The quantitative estimate of drug-likeness (QED) is 0.827. The van der Waals surface area contributed by atoms with Crippen molar-refractivity contribution < 1.29 is 22.7 Å². The number of anilines is 1. The monoisotopic (exact) mass is 311 g/mol. The van der Waals surface area contributed by atoms with Gasteiger partial charge in [-0.15, -0.1) is 0 Å². The Morgan fingerprint density at radius 1 is 1.10 bits per heavy atom. The summed E-state index contributed by atoms with van der Waals surface area (Å²) in [4.78, 5) is 13.8. The SMILES string of the molecule is COc1cc(OC)cc(N2C(=O)CC3CS(=O)(=O)CC32)c1. The number of carbonyl (C=O) groups excluding carboxylic acids is 1. The van der Waals surface area contributed by atoms with Gasteiger partial charge in [-0.3, -0.25) is 4.79 Å². The second-order valence-corrected chi connectivity index (χ2v) is 7.60. The zero-order valence-electron chi connectivity index (χ0n) is 11.9. The van der Waals surface area contributed by atoms with Crippen LogP contribution in [0.2, 0.25) is 0 Å². The zero-order chi connectivity index (χ0) is 15.2. The highest BCUT2D eigenvalue weighted by atomic mass is 32.2. The van der Waals surface area contributed by atoms with Crippen LogP contribution in [0.3, 0.4) is 0 Å². The molecule has 2 aliphatic rings. The summed E-state index contributed by atoms with van der Waals surface area (Å²) in [5.41, 5.74) is 0.626.